The average Bonchev–Trinajstić information content (AvgIpc) is 2.14. The third-order valence-corrected chi connectivity index (χ3v) is 2.24. The topological polar surface area (TPSA) is 78.6 Å². The highest BCUT2D eigenvalue weighted by Gasteiger charge is 2.04. The second-order valence-electron chi connectivity index (χ2n) is 3.00. The van der Waals surface area contributed by atoms with E-state index in [4.69, 9.17) is 23.2 Å². The molecule has 2 rings (SSSR count). The Morgan fingerprint density at radius 2 is 1.62 bits per heavy atom. The Hall–Kier alpha value is -1.59. The monoisotopic (exact) mass is 257 g/mol. The minimum atomic E-state index is -0.727. The first-order chi connectivity index (χ1) is 7.54. The molecule has 0 aliphatic carbocycles. The van der Waals surface area contributed by atoms with Crippen LogP contribution in [0.2, 0.25) is 10.0 Å². The number of aromatic nitrogens is 3. The molecule has 0 fully saturated rings. The molecule has 0 saturated carbocycles. The van der Waals surface area contributed by atoms with E-state index in [9.17, 15) is 9.59 Å². The predicted molar refractivity (Wildman–Crippen MR) is 60.9 cm³/mol. The second-order valence-corrected chi connectivity index (χ2v) is 3.88. The molecule has 82 valence electrons. The highest BCUT2D eigenvalue weighted by molar-refractivity contribution is 6.35. The molecule has 7 heteroatoms. The normalized spacial score (nSPS) is 10.4. The van der Waals surface area contributed by atoms with Crippen LogP contribution < -0.4 is 11.4 Å². The van der Waals surface area contributed by atoms with Gasteiger partial charge in [-0.25, -0.2) is 9.59 Å². The van der Waals surface area contributed by atoms with E-state index in [1.54, 1.807) is 12.1 Å². The number of aromatic amines is 2. The quantitative estimate of drug-likeness (QED) is 0.812. The summed E-state index contributed by atoms with van der Waals surface area (Å²) in [7, 11) is 0. The molecular formula is C9H5Cl2N3O2. The molecule has 2 aromatic rings. The summed E-state index contributed by atoms with van der Waals surface area (Å²) in [5.41, 5.74) is -0.887. The zero-order valence-electron chi connectivity index (χ0n) is 7.75. The second kappa shape index (κ2) is 4.11. The van der Waals surface area contributed by atoms with Crippen LogP contribution in [0.5, 0.6) is 0 Å². The number of hydrogen-bond acceptors (Lipinski definition) is 3. The van der Waals surface area contributed by atoms with Gasteiger partial charge in [-0.15, -0.1) is 0 Å². The molecule has 0 aliphatic heterocycles. The van der Waals surface area contributed by atoms with E-state index in [-0.39, 0.29) is 5.82 Å². The fourth-order valence-electron chi connectivity index (χ4n) is 1.22. The number of rotatable bonds is 1. The molecule has 0 unspecified atom stereocenters. The summed E-state index contributed by atoms with van der Waals surface area (Å²) in [6, 6.07) is 4.63. The first-order valence-electron chi connectivity index (χ1n) is 4.22. The van der Waals surface area contributed by atoms with Gasteiger partial charge in [0.25, 0.3) is 0 Å². The molecule has 1 aromatic carbocycles. The summed E-state index contributed by atoms with van der Waals surface area (Å²) >= 11 is 11.6. The number of halogens is 2. The van der Waals surface area contributed by atoms with E-state index in [2.05, 4.69) is 9.97 Å². The van der Waals surface area contributed by atoms with Crippen molar-refractivity contribution in [1.29, 1.82) is 0 Å². The SMILES string of the molecule is O=c1nc(-c2cc(Cl)cc(Cl)c2)[nH]c(=O)[nH]1. The van der Waals surface area contributed by atoms with E-state index in [0.717, 1.165) is 0 Å². The van der Waals surface area contributed by atoms with Crippen LogP contribution in [0.15, 0.2) is 27.8 Å². The van der Waals surface area contributed by atoms with Crippen LogP contribution in [0.25, 0.3) is 11.4 Å². The molecule has 0 aliphatic rings. The van der Waals surface area contributed by atoms with Crippen molar-refractivity contribution in [2.45, 2.75) is 0 Å². The highest BCUT2D eigenvalue weighted by Crippen LogP contribution is 2.23. The Labute approximate surface area is 99.1 Å². The summed E-state index contributed by atoms with van der Waals surface area (Å²) in [4.78, 5) is 30.0. The van der Waals surface area contributed by atoms with Gasteiger partial charge in [0.05, 0.1) is 0 Å². The van der Waals surface area contributed by atoms with Crippen molar-refractivity contribution in [2.24, 2.45) is 0 Å². The molecule has 0 atom stereocenters. The first-order valence-corrected chi connectivity index (χ1v) is 4.97. The Morgan fingerprint density at radius 1 is 1.00 bits per heavy atom. The van der Waals surface area contributed by atoms with Crippen LogP contribution in [0.3, 0.4) is 0 Å². The molecule has 0 radical (unpaired) electrons. The molecule has 0 amide bonds. The molecule has 1 heterocycles. The average molecular weight is 258 g/mol. The minimum Gasteiger partial charge on any atom is -0.291 e. The number of benzene rings is 1. The summed E-state index contributed by atoms with van der Waals surface area (Å²) < 4.78 is 0. The Bertz CT molecular complexity index is 599. The predicted octanol–water partition coefficient (Wildman–Crippen LogP) is 1.43. The molecule has 0 bridgehead atoms. The Morgan fingerprint density at radius 3 is 2.19 bits per heavy atom. The number of nitrogens with zero attached hydrogens (tertiary/aromatic N) is 1. The summed E-state index contributed by atoms with van der Waals surface area (Å²) in [6.07, 6.45) is 0. The van der Waals surface area contributed by atoms with Gasteiger partial charge < -0.3 is 0 Å². The van der Waals surface area contributed by atoms with Gasteiger partial charge in [-0.3, -0.25) is 9.97 Å². The lowest BCUT2D eigenvalue weighted by molar-refractivity contribution is 0.943. The van der Waals surface area contributed by atoms with Crippen molar-refractivity contribution in [3.8, 4) is 11.4 Å². The molecule has 16 heavy (non-hydrogen) atoms. The minimum absolute atomic E-state index is 0.123. The van der Waals surface area contributed by atoms with Crippen LogP contribution >= 0.6 is 23.2 Å². The molecule has 0 spiro atoms. The van der Waals surface area contributed by atoms with Crippen molar-refractivity contribution in [2.75, 3.05) is 0 Å². The van der Waals surface area contributed by atoms with Crippen molar-refractivity contribution < 1.29 is 0 Å². The van der Waals surface area contributed by atoms with Crippen LogP contribution in [-0.2, 0) is 0 Å². The van der Waals surface area contributed by atoms with E-state index >= 15 is 0 Å². The van der Waals surface area contributed by atoms with Crippen LogP contribution in [0.1, 0.15) is 0 Å². The maximum Gasteiger partial charge on any atom is 0.351 e. The third kappa shape index (κ3) is 2.32. The van der Waals surface area contributed by atoms with Crippen LogP contribution in [-0.4, -0.2) is 15.0 Å². The van der Waals surface area contributed by atoms with Crippen molar-refractivity contribution in [3.05, 3.63) is 49.2 Å². The third-order valence-electron chi connectivity index (χ3n) is 1.80. The zero-order chi connectivity index (χ0) is 11.7. The van der Waals surface area contributed by atoms with Gasteiger partial charge >= 0.3 is 11.4 Å². The van der Waals surface area contributed by atoms with Gasteiger partial charge in [0.15, 0.2) is 0 Å². The van der Waals surface area contributed by atoms with Gasteiger partial charge in [-0.2, -0.15) is 4.98 Å². The molecule has 5 nitrogen and oxygen atoms in total. The van der Waals surface area contributed by atoms with E-state index in [1.165, 1.54) is 6.07 Å². The Kier molecular flexibility index (Phi) is 2.80. The molecule has 1 aromatic heterocycles. The largest absolute Gasteiger partial charge is 0.351 e. The van der Waals surface area contributed by atoms with Crippen LogP contribution in [0.4, 0.5) is 0 Å². The van der Waals surface area contributed by atoms with Gasteiger partial charge in [-0.1, -0.05) is 23.2 Å². The lowest BCUT2D eigenvalue weighted by atomic mass is 10.2. The molecular weight excluding hydrogens is 253 g/mol. The summed E-state index contributed by atoms with van der Waals surface area (Å²) in [5, 5.41) is 0.788. The van der Waals surface area contributed by atoms with Crippen molar-refractivity contribution >= 4 is 23.2 Å². The molecule has 0 saturated heterocycles. The summed E-state index contributed by atoms with van der Waals surface area (Å²) in [6.45, 7) is 0. The van der Waals surface area contributed by atoms with Gasteiger partial charge in [0, 0.05) is 15.6 Å². The molecule has 2 N–H and O–H groups in total. The van der Waals surface area contributed by atoms with Crippen molar-refractivity contribution in [3.63, 3.8) is 0 Å². The fourth-order valence-corrected chi connectivity index (χ4v) is 1.75. The number of hydrogen-bond donors (Lipinski definition) is 2. The Balaban J connectivity index is 2.67. The standard InChI is InChI=1S/C9H5Cl2N3O2/c10-5-1-4(2-6(11)3-5)7-12-8(15)14-9(16)13-7/h1-3H,(H2,12,13,14,15,16). The van der Waals surface area contributed by atoms with E-state index in [0.29, 0.717) is 15.6 Å². The highest BCUT2D eigenvalue weighted by atomic mass is 35.5. The van der Waals surface area contributed by atoms with Gasteiger partial charge in [0.1, 0.15) is 5.82 Å². The fraction of sp³-hybridized carbons (Fsp3) is 0. The maximum absolute atomic E-state index is 11.0. The van der Waals surface area contributed by atoms with E-state index in [1.807, 2.05) is 4.98 Å². The first kappa shape index (κ1) is 10.9. The lowest BCUT2D eigenvalue weighted by Crippen LogP contribution is -2.25. The van der Waals surface area contributed by atoms with Crippen molar-refractivity contribution in [1.82, 2.24) is 15.0 Å². The van der Waals surface area contributed by atoms with Gasteiger partial charge in [-0.05, 0) is 18.2 Å². The lowest BCUT2D eigenvalue weighted by Gasteiger charge is -2.01. The summed E-state index contributed by atoms with van der Waals surface area (Å²) in [5.74, 6) is 0.123. The van der Waals surface area contributed by atoms with E-state index < -0.39 is 11.4 Å². The van der Waals surface area contributed by atoms with Gasteiger partial charge in [0.2, 0.25) is 0 Å². The zero-order valence-corrected chi connectivity index (χ0v) is 9.26. The maximum atomic E-state index is 11.0. The smallest absolute Gasteiger partial charge is 0.291 e. The number of nitrogens with one attached hydrogen (secondary N) is 2. The number of H-pyrrole nitrogens is 2. The van der Waals surface area contributed by atoms with Crippen LogP contribution in [0, 0.1) is 0 Å².